The summed E-state index contributed by atoms with van der Waals surface area (Å²) in [5, 5.41) is 3.60. The van der Waals surface area contributed by atoms with Crippen LogP contribution >= 0.6 is 15.9 Å². The molecule has 0 fully saturated rings. The van der Waals surface area contributed by atoms with Gasteiger partial charge in [-0.2, -0.15) is 0 Å². The van der Waals surface area contributed by atoms with E-state index >= 15 is 0 Å². The minimum Gasteiger partial charge on any atom is -0.378 e. The van der Waals surface area contributed by atoms with Gasteiger partial charge in [0, 0.05) is 41.7 Å². The van der Waals surface area contributed by atoms with Crippen molar-refractivity contribution < 1.29 is 0 Å². The Morgan fingerprint density at radius 2 is 1.81 bits per heavy atom. The molecule has 0 radical (unpaired) electrons. The van der Waals surface area contributed by atoms with Gasteiger partial charge < -0.3 is 10.2 Å². The minimum atomic E-state index is 0.902. The Hall–Kier alpha value is -2.79. The molecule has 0 amide bonds. The van der Waals surface area contributed by atoms with E-state index in [0.717, 1.165) is 38.6 Å². The standard InChI is InChI=1S/C22H21BrN4/c1-15-7-4-5-10-19(15)24-22-21(16-8-6-9-18(13-16)26(2)3)25-20-12-11-17(23)14-27(20)22/h4-14,24H,1-3H3. The van der Waals surface area contributed by atoms with Crippen LogP contribution in [0.15, 0.2) is 71.3 Å². The molecule has 4 aromatic rings. The molecule has 136 valence electrons. The molecular formula is C22H21BrN4. The molecule has 1 N–H and O–H groups in total. The number of aromatic nitrogens is 2. The average molecular weight is 421 g/mol. The zero-order chi connectivity index (χ0) is 19.0. The van der Waals surface area contributed by atoms with Crippen molar-refractivity contribution in [2.24, 2.45) is 0 Å². The van der Waals surface area contributed by atoms with E-state index in [1.165, 1.54) is 5.56 Å². The topological polar surface area (TPSA) is 32.6 Å². The summed E-state index contributed by atoms with van der Waals surface area (Å²) in [6, 6.07) is 20.8. The molecule has 0 spiro atoms. The number of pyridine rings is 1. The largest absolute Gasteiger partial charge is 0.378 e. The van der Waals surface area contributed by atoms with Crippen LogP contribution in [0.2, 0.25) is 0 Å². The van der Waals surface area contributed by atoms with Crippen LogP contribution in [0, 0.1) is 6.92 Å². The highest BCUT2D eigenvalue weighted by Crippen LogP contribution is 2.34. The average Bonchev–Trinajstić information content (AvgIpc) is 3.01. The first-order valence-electron chi connectivity index (χ1n) is 8.81. The van der Waals surface area contributed by atoms with Crippen molar-refractivity contribution in [3.8, 4) is 11.3 Å². The van der Waals surface area contributed by atoms with Crippen LogP contribution in [0.3, 0.4) is 0 Å². The van der Waals surface area contributed by atoms with E-state index in [0.29, 0.717) is 0 Å². The molecule has 0 saturated carbocycles. The van der Waals surface area contributed by atoms with Crippen LogP contribution < -0.4 is 10.2 Å². The first-order valence-corrected chi connectivity index (χ1v) is 9.60. The van der Waals surface area contributed by atoms with Gasteiger partial charge in [-0.15, -0.1) is 0 Å². The number of rotatable bonds is 4. The molecule has 0 saturated heterocycles. The number of anilines is 3. The summed E-state index contributed by atoms with van der Waals surface area (Å²) in [6.45, 7) is 2.10. The van der Waals surface area contributed by atoms with E-state index < -0.39 is 0 Å². The molecule has 4 nitrogen and oxygen atoms in total. The molecule has 27 heavy (non-hydrogen) atoms. The highest BCUT2D eigenvalue weighted by Gasteiger charge is 2.16. The number of fused-ring (bicyclic) bond motifs is 1. The lowest BCUT2D eigenvalue weighted by molar-refractivity contribution is 1.13. The lowest BCUT2D eigenvalue weighted by Gasteiger charge is -2.14. The summed E-state index contributed by atoms with van der Waals surface area (Å²) < 4.78 is 3.10. The Balaban J connectivity index is 1.92. The molecule has 4 rings (SSSR count). The Bertz CT molecular complexity index is 1110. The molecule has 5 heteroatoms. The third kappa shape index (κ3) is 3.43. The van der Waals surface area contributed by atoms with Gasteiger partial charge in [-0.25, -0.2) is 4.98 Å². The highest BCUT2D eigenvalue weighted by molar-refractivity contribution is 9.10. The minimum absolute atomic E-state index is 0.902. The van der Waals surface area contributed by atoms with Crippen LogP contribution in [-0.4, -0.2) is 23.5 Å². The maximum Gasteiger partial charge on any atom is 0.143 e. The fourth-order valence-electron chi connectivity index (χ4n) is 3.11. The number of hydrogen-bond acceptors (Lipinski definition) is 3. The predicted octanol–water partition coefficient (Wildman–Crippen LogP) is 5.88. The number of hydrogen-bond donors (Lipinski definition) is 1. The van der Waals surface area contributed by atoms with E-state index in [9.17, 15) is 0 Å². The number of benzene rings is 2. The number of halogens is 1. The fourth-order valence-corrected chi connectivity index (χ4v) is 3.45. The highest BCUT2D eigenvalue weighted by atomic mass is 79.9. The summed E-state index contributed by atoms with van der Waals surface area (Å²) in [4.78, 5) is 7.01. The fraction of sp³-hybridized carbons (Fsp3) is 0.136. The predicted molar refractivity (Wildman–Crippen MR) is 117 cm³/mol. The summed E-state index contributed by atoms with van der Waals surface area (Å²) in [7, 11) is 4.10. The Morgan fingerprint density at radius 1 is 1.00 bits per heavy atom. The zero-order valence-corrected chi connectivity index (χ0v) is 17.2. The summed E-state index contributed by atoms with van der Waals surface area (Å²) >= 11 is 3.58. The lowest BCUT2D eigenvalue weighted by atomic mass is 10.1. The quantitative estimate of drug-likeness (QED) is 0.447. The van der Waals surface area contributed by atoms with E-state index in [1.54, 1.807) is 0 Å². The first-order chi connectivity index (χ1) is 13.0. The van der Waals surface area contributed by atoms with Gasteiger partial charge in [0.05, 0.1) is 0 Å². The van der Waals surface area contributed by atoms with Crippen molar-refractivity contribution in [2.75, 3.05) is 24.3 Å². The molecular weight excluding hydrogens is 400 g/mol. The molecule has 2 heterocycles. The van der Waals surface area contributed by atoms with Crippen molar-refractivity contribution in [3.63, 3.8) is 0 Å². The number of nitrogens with zero attached hydrogens (tertiary/aromatic N) is 3. The van der Waals surface area contributed by atoms with Crippen LogP contribution in [-0.2, 0) is 0 Å². The van der Waals surface area contributed by atoms with Crippen molar-refractivity contribution in [1.29, 1.82) is 0 Å². The van der Waals surface area contributed by atoms with Gasteiger partial charge in [0.2, 0.25) is 0 Å². The molecule has 0 aliphatic heterocycles. The van der Waals surface area contributed by atoms with Crippen molar-refractivity contribution in [3.05, 3.63) is 76.9 Å². The Kier molecular flexibility index (Phi) is 4.62. The number of aryl methyl sites for hydroxylation is 1. The van der Waals surface area contributed by atoms with Gasteiger partial charge in [0.25, 0.3) is 0 Å². The molecule has 0 aliphatic carbocycles. The second-order valence-electron chi connectivity index (χ2n) is 6.77. The van der Waals surface area contributed by atoms with Crippen LogP contribution in [0.1, 0.15) is 5.56 Å². The molecule has 0 unspecified atom stereocenters. The van der Waals surface area contributed by atoms with Gasteiger partial charge in [-0.1, -0.05) is 30.3 Å². The molecule has 0 aliphatic rings. The summed E-state index contributed by atoms with van der Waals surface area (Å²) in [6.07, 6.45) is 2.04. The van der Waals surface area contributed by atoms with E-state index in [4.69, 9.17) is 4.98 Å². The monoisotopic (exact) mass is 420 g/mol. The van der Waals surface area contributed by atoms with Gasteiger partial charge in [-0.3, -0.25) is 4.40 Å². The van der Waals surface area contributed by atoms with Gasteiger partial charge in [-0.05, 0) is 58.7 Å². The second kappa shape index (κ2) is 7.08. The molecule has 0 atom stereocenters. The summed E-state index contributed by atoms with van der Waals surface area (Å²) in [5.41, 5.74) is 6.32. The number of imidazole rings is 1. The van der Waals surface area contributed by atoms with Gasteiger partial charge >= 0.3 is 0 Å². The normalized spacial score (nSPS) is 11.0. The molecule has 2 aromatic carbocycles. The number of nitrogens with one attached hydrogen (secondary N) is 1. The number of para-hydroxylation sites is 1. The van der Waals surface area contributed by atoms with Crippen molar-refractivity contribution in [1.82, 2.24) is 9.38 Å². The Labute approximate surface area is 167 Å². The smallest absolute Gasteiger partial charge is 0.143 e. The van der Waals surface area contributed by atoms with Crippen molar-refractivity contribution in [2.45, 2.75) is 6.92 Å². The lowest BCUT2D eigenvalue weighted by Crippen LogP contribution is -2.08. The van der Waals surface area contributed by atoms with Crippen molar-refractivity contribution >= 4 is 38.8 Å². The van der Waals surface area contributed by atoms with Gasteiger partial charge in [0.1, 0.15) is 17.2 Å². The van der Waals surface area contributed by atoms with E-state index in [1.807, 2.05) is 44.6 Å². The maximum absolute atomic E-state index is 4.91. The second-order valence-corrected chi connectivity index (χ2v) is 7.68. The third-order valence-corrected chi connectivity index (χ3v) is 5.09. The van der Waals surface area contributed by atoms with Gasteiger partial charge in [0.15, 0.2) is 0 Å². The Morgan fingerprint density at radius 3 is 2.59 bits per heavy atom. The van der Waals surface area contributed by atoms with Crippen LogP contribution in [0.5, 0.6) is 0 Å². The molecule has 2 aromatic heterocycles. The van der Waals surface area contributed by atoms with E-state index in [2.05, 4.69) is 73.9 Å². The third-order valence-electron chi connectivity index (χ3n) is 4.62. The van der Waals surface area contributed by atoms with Crippen LogP contribution in [0.4, 0.5) is 17.2 Å². The molecule has 0 bridgehead atoms. The SMILES string of the molecule is Cc1ccccc1Nc1c(-c2cccc(N(C)C)c2)nc2ccc(Br)cn12. The van der Waals surface area contributed by atoms with Crippen LogP contribution in [0.25, 0.3) is 16.9 Å². The summed E-state index contributed by atoms with van der Waals surface area (Å²) in [5.74, 6) is 0.955. The van der Waals surface area contributed by atoms with E-state index in [-0.39, 0.29) is 0 Å². The maximum atomic E-state index is 4.91. The first kappa shape index (κ1) is 17.6. The zero-order valence-electron chi connectivity index (χ0n) is 15.6.